The fourth-order valence-corrected chi connectivity index (χ4v) is 24.9. The maximum absolute atomic E-state index is 7.37. The van der Waals surface area contributed by atoms with Gasteiger partial charge in [-0.25, -0.2) is 0 Å². The van der Waals surface area contributed by atoms with E-state index in [0.717, 1.165) is 28.6 Å². The molecule has 0 spiro atoms. The molecular weight excluding hydrogens is 495 g/mol. The molecule has 0 heterocycles. The standard InChI is InChI=1S/C13H22OSi.C8H13Si.2CH3.2ClH.H3Si.Ti/c1-7-8(2)10(13(4,5)6)12(15)11(14)9(7)3;1-5-4-8(9)7(3)6(5)2;;;;;;/h14H,1-6,15H3;5H,1-3,9H3;2*1H3;2*1H;1H3;/q;;;;;;;+1/p-1. The molecule has 7 heteroatoms. The topological polar surface area (TPSA) is 9.23 Å². The minimum atomic E-state index is -3.19. The minimum Gasteiger partial charge on any atom is -0.147 e. The van der Waals surface area contributed by atoms with E-state index in [1.807, 2.05) is 0 Å². The molecule has 1 aromatic rings. The number of rotatable bonds is 3. The van der Waals surface area contributed by atoms with E-state index in [2.05, 4.69) is 72.8 Å². The van der Waals surface area contributed by atoms with Crippen LogP contribution in [0.1, 0.15) is 63.8 Å². The van der Waals surface area contributed by atoms with Crippen molar-refractivity contribution in [2.75, 3.05) is 0 Å². The molecule has 1 nitrogen and oxygen atoms in total. The van der Waals surface area contributed by atoms with Gasteiger partial charge in [-0.1, -0.05) is 0 Å². The molecule has 0 saturated heterocycles. The van der Waals surface area contributed by atoms with Crippen molar-refractivity contribution in [1.82, 2.24) is 0 Å². The summed E-state index contributed by atoms with van der Waals surface area (Å²) >= 11 is -3.19. The Morgan fingerprint density at radius 1 is 0.867 bits per heavy atom. The van der Waals surface area contributed by atoms with Crippen molar-refractivity contribution < 1.29 is 18.3 Å². The maximum Gasteiger partial charge on any atom is -0.147 e. The van der Waals surface area contributed by atoms with Gasteiger partial charge < -0.3 is 0 Å². The Bertz CT molecular complexity index is 919. The van der Waals surface area contributed by atoms with Crippen molar-refractivity contribution in [1.29, 1.82) is 0 Å². The van der Waals surface area contributed by atoms with E-state index >= 15 is 0 Å². The van der Waals surface area contributed by atoms with Gasteiger partial charge in [-0.3, -0.25) is 0 Å². The van der Waals surface area contributed by atoms with Gasteiger partial charge in [0, 0.05) is 0 Å². The van der Waals surface area contributed by atoms with Crippen LogP contribution in [0.4, 0.5) is 0 Å². The van der Waals surface area contributed by atoms with Crippen molar-refractivity contribution in [2.45, 2.75) is 78.2 Å². The summed E-state index contributed by atoms with van der Waals surface area (Å²) in [5.41, 5.74) is 9.11. The van der Waals surface area contributed by atoms with E-state index < -0.39 is 14.9 Å². The Kier molecular flexibility index (Phi) is 9.50. The number of halogens is 2. The zero-order valence-electron chi connectivity index (χ0n) is 21.8. The SMILES string of the molecule is CC1=C(C)C(C)[C]([Ti]([CH3])([CH3])([SiH3])[O]c2c(C)c(C)c(C)c(C(C)(C)C)c2[SiH3])=C1[SiH3].Cl.Cl. The summed E-state index contributed by atoms with van der Waals surface area (Å²) in [6.07, 6.45) is 0. The van der Waals surface area contributed by atoms with Gasteiger partial charge in [-0.05, 0) is 0 Å². The van der Waals surface area contributed by atoms with E-state index in [0.29, 0.717) is 5.92 Å². The fourth-order valence-electron chi connectivity index (χ4n) is 5.75. The molecule has 2 rings (SSSR count). The Hall–Kier alpha value is 0.445. The summed E-state index contributed by atoms with van der Waals surface area (Å²) in [6.45, 7) is 21.1. The third kappa shape index (κ3) is 5.16. The van der Waals surface area contributed by atoms with E-state index in [-0.39, 0.29) is 30.2 Å². The van der Waals surface area contributed by atoms with Gasteiger partial charge >= 0.3 is 184 Å². The van der Waals surface area contributed by atoms with E-state index in [9.17, 15) is 0 Å². The van der Waals surface area contributed by atoms with Crippen molar-refractivity contribution >= 4 is 58.6 Å². The maximum atomic E-state index is 7.37. The van der Waals surface area contributed by atoms with Crippen molar-refractivity contribution in [3.8, 4) is 5.75 Å². The smallest absolute Gasteiger partial charge is 0.147 e. The minimum absolute atomic E-state index is 0. The third-order valence-corrected chi connectivity index (χ3v) is 19.0. The average molecular weight is 541 g/mol. The number of benzene rings is 1. The van der Waals surface area contributed by atoms with Crippen molar-refractivity contribution in [3.63, 3.8) is 0 Å². The van der Waals surface area contributed by atoms with Gasteiger partial charge in [0.2, 0.25) is 0 Å². The molecule has 1 aliphatic carbocycles. The second kappa shape index (κ2) is 9.36. The van der Waals surface area contributed by atoms with Gasteiger partial charge in [-0.2, -0.15) is 0 Å². The number of hydrogen-bond acceptors (Lipinski definition) is 1. The van der Waals surface area contributed by atoms with Crippen LogP contribution in [-0.2, 0) is 20.4 Å². The molecule has 1 aromatic carbocycles. The number of hydrogen-bond donors (Lipinski definition) is 0. The molecule has 0 amide bonds. The molecule has 0 aromatic heterocycles. The first-order valence-electron chi connectivity index (χ1n) is 10.8. The molecule has 1 unspecified atom stereocenters. The molecule has 0 N–H and O–H groups in total. The Morgan fingerprint density at radius 3 is 1.70 bits per heavy atom. The molecule has 0 aliphatic heterocycles. The van der Waals surface area contributed by atoms with Crippen LogP contribution in [-0.4, -0.2) is 28.6 Å². The van der Waals surface area contributed by atoms with Crippen LogP contribution in [0.5, 0.6) is 5.75 Å². The summed E-state index contributed by atoms with van der Waals surface area (Å²) in [5, 5.41) is 8.26. The molecule has 30 heavy (non-hydrogen) atoms. The zero-order chi connectivity index (χ0) is 22.0. The Balaban J connectivity index is 0.00000420. The molecule has 0 radical (unpaired) electrons. The Labute approximate surface area is 207 Å². The second-order valence-electron chi connectivity index (χ2n) is 11.6. The van der Waals surface area contributed by atoms with Gasteiger partial charge in [0.1, 0.15) is 0 Å². The van der Waals surface area contributed by atoms with Crippen molar-refractivity contribution in [2.24, 2.45) is 5.92 Å². The van der Waals surface area contributed by atoms with Gasteiger partial charge in [0.15, 0.2) is 0 Å². The van der Waals surface area contributed by atoms with Crippen LogP contribution < -0.4 is 8.51 Å². The van der Waals surface area contributed by atoms with Crippen LogP contribution in [0, 0.1) is 26.7 Å². The molecule has 0 fully saturated rings. The summed E-state index contributed by atoms with van der Waals surface area (Å²) in [6, 6.07) is 0. The van der Waals surface area contributed by atoms with Crippen LogP contribution >= 0.6 is 24.8 Å². The third-order valence-electron chi connectivity index (χ3n) is 7.32. The quantitative estimate of drug-likeness (QED) is 0.532. The van der Waals surface area contributed by atoms with Crippen LogP contribution in [0.25, 0.3) is 0 Å². The average Bonchev–Trinajstić information content (AvgIpc) is 2.72. The Morgan fingerprint density at radius 2 is 1.33 bits per heavy atom. The van der Waals surface area contributed by atoms with Gasteiger partial charge in [0.25, 0.3) is 0 Å². The molecule has 1 aliphatic rings. The van der Waals surface area contributed by atoms with E-state index in [1.165, 1.54) is 33.2 Å². The van der Waals surface area contributed by atoms with Crippen molar-refractivity contribution in [3.05, 3.63) is 42.5 Å². The first kappa shape index (κ1) is 30.4. The van der Waals surface area contributed by atoms with E-state index in [1.54, 1.807) is 20.2 Å². The fraction of sp³-hybridized carbons (Fsp3) is 0.565. The summed E-state index contributed by atoms with van der Waals surface area (Å²) in [5.74, 6) is 1.83. The van der Waals surface area contributed by atoms with Crippen LogP contribution in [0.15, 0.2) is 20.2 Å². The molecule has 1 atom stereocenters. The molecular formula is C23H45Cl2OSi3Ti. The molecule has 173 valence electrons. The zero-order valence-corrected chi connectivity index (χ0v) is 31.0. The summed E-state index contributed by atoms with van der Waals surface area (Å²) in [7, 11) is 3.31. The predicted molar refractivity (Wildman–Crippen MR) is 150 cm³/mol. The molecule has 0 bridgehead atoms. The monoisotopic (exact) mass is 539 g/mol. The molecule has 0 saturated carbocycles. The first-order chi connectivity index (χ1) is 12.4. The first-order valence-corrected chi connectivity index (χ1v) is 23.0. The predicted octanol–water partition coefficient (Wildman–Crippen LogP) is 3.67. The van der Waals surface area contributed by atoms with Crippen LogP contribution in [0.3, 0.4) is 0 Å². The second-order valence-corrected chi connectivity index (χ2v) is 36.0. The summed E-state index contributed by atoms with van der Waals surface area (Å²) < 4.78 is 9.11. The largest absolute Gasteiger partial charge is 0.147 e. The number of allylic oxidation sites excluding steroid dienone is 4. The van der Waals surface area contributed by atoms with Gasteiger partial charge in [-0.15, -0.1) is 24.8 Å². The van der Waals surface area contributed by atoms with Crippen LogP contribution in [0.2, 0.25) is 10.5 Å². The van der Waals surface area contributed by atoms with Gasteiger partial charge in [0.05, 0.1) is 0 Å². The summed E-state index contributed by atoms with van der Waals surface area (Å²) in [4.78, 5) is 0. The normalized spacial score (nSPS) is 18.9. The van der Waals surface area contributed by atoms with E-state index in [4.69, 9.17) is 3.32 Å².